The molecule has 3 atom stereocenters. The van der Waals surface area contributed by atoms with E-state index in [-0.39, 0.29) is 32.1 Å². The normalized spacial score (nSPS) is 29.5. The van der Waals surface area contributed by atoms with Crippen LogP contribution in [0.25, 0.3) is 10.9 Å². The SMILES string of the molecule is CN1CCOC[C@H]1CNC(=O)C12CN(c3ccc(C#N)c4ncccc34)CC1(C(F)(F)F)C2. The molecule has 1 saturated carbocycles. The van der Waals surface area contributed by atoms with Crippen molar-refractivity contribution in [2.24, 2.45) is 10.8 Å². The third kappa shape index (κ3) is 3.25. The van der Waals surface area contributed by atoms with Crippen molar-refractivity contribution in [3.05, 3.63) is 36.0 Å². The number of ether oxygens (including phenoxy) is 1. The number of piperidine rings is 1. The van der Waals surface area contributed by atoms with Gasteiger partial charge >= 0.3 is 6.18 Å². The van der Waals surface area contributed by atoms with Gasteiger partial charge in [-0.1, -0.05) is 0 Å². The predicted molar refractivity (Wildman–Crippen MR) is 114 cm³/mol. The van der Waals surface area contributed by atoms with Crippen molar-refractivity contribution in [3.63, 3.8) is 0 Å². The molecule has 2 aliphatic heterocycles. The molecule has 1 amide bonds. The Balaban J connectivity index is 1.43. The number of benzene rings is 1. The van der Waals surface area contributed by atoms with E-state index in [1.165, 1.54) is 0 Å². The van der Waals surface area contributed by atoms with Gasteiger partial charge in [0.1, 0.15) is 11.5 Å². The molecule has 1 aromatic heterocycles. The number of likely N-dealkylation sites (N-methyl/N-ethyl adjacent to an activating group) is 1. The van der Waals surface area contributed by atoms with Gasteiger partial charge in [-0.05, 0) is 37.7 Å². The van der Waals surface area contributed by atoms with Crippen LogP contribution in [0.2, 0.25) is 0 Å². The molecule has 0 bridgehead atoms. The summed E-state index contributed by atoms with van der Waals surface area (Å²) in [5.41, 5.74) is -2.25. The van der Waals surface area contributed by atoms with Crippen LogP contribution in [-0.4, -0.2) is 74.4 Å². The fourth-order valence-electron chi connectivity index (χ4n) is 5.45. The monoisotopic (exact) mass is 459 g/mol. The standard InChI is InChI=1S/C23H24F3N5O2/c1-30-7-8-33-11-16(30)10-29-20(32)21-12-22(21,23(24,25)26)14-31(13-21)18-5-4-15(9-27)19-17(18)3-2-6-28-19/h2-6,16H,7-8,10-14H2,1H3,(H,29,32)/t16-,21?,22?/m1/s1. The van der Waals surface area contributed by atoms with Gasteiger partial charge in [0.25, 0.3) is 0 Å². The van der Waals surface area contributed by atoms with Gasteiger partial charge < -0.3 is 15.0 Å². The first-order valence-corrected chi connectivity index (χ1v) is 10.9. The molecule has 0 radical (unpaired) electrons. The molecule has 2 aromatic rings. The number of fused-ring (bicyclic) bond motifs is 2. The average molecular weight is 459 g/mol. The van der Waals surface area contributed by atoms with E-state index >= 15 is 0 Å². The smallest absolute Gasteiger partial charge is 0.378 e. The summed E-state index contributed by atoms with van der Waals surface area (Å²) in [5.74, 6) is -0.558. The lowest BCUT2D eigenvalue weighted by Gasteiger charge is -2.33. The number of nitrogens with one attached hydrogen (secondary N) is 1. The zero-order valence-electron chi connectivity index (χ0n) is 18.2. The second-order valence-corrected chi connectivity index (χ2v) is 9.26. The number of carbonyl (C=O) groups excluding carboxylic acids is 1. The van der Waals surface area contributed by atoms with Gasteiger partial charge in [0.05, 0.1) is 35.8 Å². The van der Waals surface area contributed by atoms with Gasteiger partial charge in [-0.25, -0.2) is 0 Å². The number of hydrogen-bond donors (Lipinski definition) is 1. The molecule has 3 aliphatic rings. The minimum atomic E-state index is -4.51. The summed E-state index contributed by atoms with van der Waals surface area (Å²) in [6.45, 7) is 1.66. The quantitative estimate of drug-likeness (QED) is 0.756. The van der Waals surface area contributed by atoms with Crippen LogP contribution in [-0.2, 0) is 9.53 Å². The van der Waals surface area contributed by atoms with Crippen LogP contribution in [0.4, 0.5) is 18.9 Å². The van der Waals surface area contributed by atoms with Crippen molar-refractivity contribution in [3.8, 4) is 6.07 Å². The highest BCUT2D eigenvalue weighted by atomic mass is 19.4. The largest absolute Gasteiger partial charge is 0.397 e. The van der Waals surface area contributed by atoms with Crippen LogP contribution in [0.1, 0.15) is 12.0 Å². The van der Waals surface area contributed by atoms with Crippen molar-refractivity contribution >= 4 is 22.5 Å². The highest BCUT2D eigenvalue weighted by Crippen LogP contribution is 2.75. The minimum Gasteiger partial charge on any atom is -0.378 e. The number of pyridine rings is 1. The number of amides is 1. The van der Waals surface area contributed by atoms with E-state index in [9.17, 15) is 23.2 Å². The zero-order chi connectivity index (χ0) is 23.4. The number of nitriles is 1. The first kappa shape index (κ1) is 21.9. The number of hydrogen-bond acceptors (Lipinski definition) is 6. The van der Waals surface area contributed by atoms with Gasteiger partial charge in [-0.2, -0.15) is 18.4 Å². The van der Waals surface area contributed by atoms with E-state index in [1.54, 1.807) is 35.4 Å². The van der Waals surface area contributed by atoms with Gasteiger partial charge in [-0.15, -0.1) is 0 Å². The van der Waals surface area contributed by atoms with Crippen LogP contribution in [0.15, 0.2) is 30.5 Å². The molecule has 10 heteroatoms. The molecular weight excluding hydrogens is 435 g/mol. The number of rotatable bonds is 4. The van der Waals surface area contributed by atoms with Crippen LogP contribution < -0.4 is 10.2 Å². The summed E-state index contributed by atoms with van der Waals surface area (Å²) in [4.78, 5) is 21.1. The average Bonchev–Trinajstić information content (AvgIpc) is 3.35. The van der Waals surface area contributed by atoms with Crippen molar-refractivity contribution in [2.45, 2.75) is 18.6 Å². The lowest BCUT2D eigenvalue weighted by molar-refractivity contribution is -0.191. The molecule has 5 rings (SSSR count). The Morgan fingerprint density at radius 1 is 1.36 bits per heavy atom. The topological polar surface area (TPSA) is 81.5 Å². The van der Waals surface area contributed by atoms with E-state index in [0.29, 0.717) is 41.9 Å². The Labute approximate surface area is 189 Å². The second kappa shape index (κ2) is 7.57. The Morgan fingerprint density at radius 3 is 2.91 bits per heavy atom. The molecule has 2 unspecified atom stereocenters. The summed E-state index contributed by atoms with van der Waals surface area (Å²) in [5, 5.41) is 12.8. The number of morpholine rings is 1. The number of nitrogens with zero attached hydrogens (tertiary/aromatic N) is 4. The summed E-state index contributed by atoms with van der Waals surface area (Å²) in [6, 6.07) is 8.66. The summed E-state index contributed by atoms with van der Waals surface area (Å²) >= 11 is 0. The second-order valence-electron chi connectivity index (χ2n) is 9.26. The Morgan fingerprint density at radius 2 is 2.18 bits per heavy atom. The number of halogens is 3. The van der Waals surface area contributed by atoms with E-state index in [0.717, 1.165) is 0 Å². The number of anilines is 1. The maximum absolute atomic E-state index is 14.3. The maximum atomic E-state index is 14.3. The first-order valence-electron chi connectivity index (χ1n) is 10.9. The van der Waals surface area contributed by atoms with E-state index in [4.69, 9.17) is 4.74 Å². The molecule has 7 nitrogen and oxygen atoms in total. The van der Waals surface area contributed by atoms with Crippen molar-refractivity contribution in [2.75, 3.05) is 51.3 Å². The van der Waals surface area contributed by atoms with E-state index in [1.807, 2.05) is 11.9 Å². The fourth-order valence-corrected chi connectivity index (χ4v) is 5.45. The molecule has 1 aromatic carbocycles. The maximum Gasteiger partial charge on any atom is 0.397 e. The summed E-state index contributed by atoms with van der Waals surface area (Å²) in [7, 11) is 1.91. The molecule has 33 heavy (non-hydrogen) atoms. The Bertz CT molecular complexity index is 1150. The molecule has 174 valence electrons. The van der Waals surface area contributed by atoms with Gasteiger partial charge in [-0.3, -0.25) is 14.7 Å². The van der Waals surface area contributed by atoms with Crippen molar-refractivity contribution in [1.82, 2.24) is 15.2 Å². The Hall–Kier alpha value is -2.90. The first-order chi connectivity index (χ1) is 15.7. The van der Waals surface area contributed by atoms with Crippen molar-refractivity contribution in [1.29, 1.82) is 5.26 Å². The van der Waals surface area contributed by atoms with Gasteiger partial charge in [0, 0.05) is 43.4 Å². The number of carbonyl (C=O) groups is 1. The molecule has 1 aliphatic carbocycles. The third-order valence-corrected chi connectivity index (χ3v) is 7.52. The summed E-state index contributed by atoms with van der Waals surface area (Å²) < 4.78 is 48.3. The number of alkyl halides is 3. The zero-order valence-corrected chi connectivity index (χ0v) is 18.2. The fraction of sp³-hybridized carbons (Fsp3) is 0.522. The van der Waals surface area contributed by atoms with Crippen LogP contribution in [0, 0.1) is 22.2 Å². The minimum absolute atomic E-state index is 0.0365. The molecule has 0 spiro atoms. The van der Waals surface area contributed by atoms with Gasteiger partial charge in [0.15, 0.2) is 0 Å². The molecular formula is C23H24F3N5O2. The highest BCUT2D eigenvalue weighted by Gasteiger charge is 2.86. The predicted octanol–water partition coefficient (Wildman–Crippen LogP) is 2.31. The molecule has 3 heterocycles. The van der Waals surface area contributed by atoms with E-state index in [2.05, 4.69) is 16.4 Å². The lowest BCUT2D eigenvalue weighted by atomic mass is 9.94. The van der Waals surface area contributed by atoms with E-state index < -0.39 is 22.9 Å². The highest BCUT2D eigenvalue weighted by molar-refractivity contribution is 5.97. The molecule has 3 fully saturated rings. The number of aromatic nitrogens is 1. The van der Waals surface area contributed by atoms with Crippen LogP contribution in [0.5, 0.6) is 0 Å². The van der Waals surface area contributed by atoms with Crippen molar-refractivity contribution < 1.29 is 22.7 Å². The molecule has 2 saturated heterocycles. The van der Waals surface area contributed by atoms with Crippen LogP contribution in [0.3, 0.4) is 0 Å². The van der Waals surface area contributed by atoms with Crippen LogP contribution >= 0.6 is 0 Å². The van der Waals surface area contributed by atoms with Gasteiger partial charge in [0.2, 0.25) is 5.91 Å². The summed E-state index contributed by atoms with van der Waals surface area (Å²) in [6.07, 6.45) is -3.17. The molecule has 1 N–H and O–H groups in total. The Kier molecular flexibility index (Phi) is 5.03. The third-order valence-electron chi connectivity index (χ3n) is 7.52. The lowest BCUT2D eigenvalue weighted by Crippen LogP contribution is -2.51.